The molecular weight excluding hydrogens is 282 g/mol. The Morgan fingerprint density at radius 1 is 1.43 bits per heavy atom. The Kier molecular flexibility index (Phi) is 5.71. The van der Waals surface area contributed by atoms with Crippen molar-refractivity contribution < 1.29 is 9.90 Å². The molecule has 21 heavy (non-hydrogen) atoms. The predicted molar refractivity (Wildman–Crippen MR) is 88.6 cm³/mol. The van der Waals surface area contributed by atoms with Gasteiger partial charge in [-0.1, -0.05) is 19.1 Å². The van der Waals surface area contributed by atoms with Gasteiger partial charge in [-0.15, -0.1) is 0 Å². The molecule has 0 atom stereocenters. The van der Waals surface area contributed by atoms with Crippen LogP contribution in [0.4, 0.5) is 0 Å². The first kappa shape index (κ1) is 16.4. The van der Waals surface area contributed by atoms with Crippen molar-refractivity contribution in [3.05, 3.63) is 35.4 Å². The third-order valence-corrected chi connectivity index (χ3v) is 5.03. The molecule has 0 radical (unpaired) electrons. The number of benzene rings is 1. The molecule has 0 aromatic heterocycles. The van der Waals surface area contributed by atoms with Crippen LogP contribution >= 0.6 is 11.8 Å². The van der Waals surface area contributed by atoms with E-state index in [1.807, 2.05) is 24.3 Å². The van der Waals surface area contributed by atoms with Crippen molar-refractivity contribution in [2.24, 2.45) is 5.92 Å². The van der Waals surface area contributed by atoms with E-state index in [1.54, 1.807) is 11.8 Å². The van der Waals surface area contributed by atoms with E-state index in [0.29, 0.717) is 11.5 Å². The highest BCUT2D eigenvalue weighted by Gasteiger charge is 2.35. The summed E-state index contributed by atoms with van der Waals surface area (Å²) in [7, 11) is 0. The lowest BCUT2D eigenvalue weighted by Crippen LogP contribution is -2.53. The molecule has 2 N–H and O–H groups in total. The van der Waals surface area contributed by atoms with Crippen molar-refractivity contribution in [2.45, 2.75) is 43.9 Å². The van der Waals surface area contributed by atoms with E-state index in [2.05, 4.69) is 18.5 Å². The van der Waals surface area contributed by atoms with Gasteiger partial charge in [-0.25, -0.2) is 0 Å². The fourth-order valence-electron chi connectivity index (χ4n) is 2.92. The number of nitrogens with one attached hydrogen (secondary N) is 1. The van der Waals surface area contributed by atoms with Crippen LogP contribution in [0.1, 0.15) is 48.5 Å². The van der Waals surface area contributed by atoms with Crippen molar-refractivity contribution >= 4 is 17.7 Å². The van der Waals surface area contributed by atoms with Gasteiger partial charge >= 0.3 is 0 Å². The van der Waals surface area contributed by atoms with Crippen LogP contribution in [0.2, 0.25) is 0 Å². The lowest BCUT2D eigenvalue weighted by Gasteiger charge is -2.38. The van der Waals surface area contributed by atoms with Crippen LogP contribution in [0, 0.1) is 5.92 Å². The molecule has 1 amide bonds. The van der Waals surface area contributed by atoms with Gasteiger partial charge in [-0.3, -0.25) is 4.79 Å². The SMILES string of the molecule is CSCc1cccc(C(=O)NC2(CO)CCC(C)CC2)c1. The van der Waals surface area contributed by atoms with Gasteiger partial charge in [0.25, 0.3) is 5.91 Å². The summed E-state index contributed by atoms with van der Waals surface area (Å²) in [6.45, 7) is 2.25. The average molecular weight is 307 g/mol. The number of aliphatic hydroxyl groups excluding tert-OH is 1. The third-order valence-electron chi connectivity index (χ3n) is 4.41. The van der Waals surface area contributed by atoms with Crippen LogP contribution in [-0.2, 0) is 5.75 Å². The number of rotatable bonds is 5. The number of hydrogen-bond acceptors (Lipinski definition) is 3. The first-order valence-corrected chi connectivity index (χ1v) is 8.99. The molecule has 1 aromatic rings. The van der Waals surface area contributed by atoms with Crippen molar-refractivity contribution in [1.82, 2.24) is 5.32 Å². The van der Waals surface area contributed by atoms with Crippen molar-refractivity contribution in [3.8, 4) is 0 Å². The van der Waals surface area contributed by atoms with E-state index < -0.39 is 5.54 Å². The minimum atomic E-state index is -0.431. The highest BCUT2D eigenvalue weighted by molar-refractivity contribution is 7.97. The molecule has 1 aliphatic carbocycles. The molecule has 1 saturated carbocycles. The largest absolute Gasteiger partial charge is 0.394 e. The Labute approximate surface area is 131 Å². The molecule has 0 saturated heterocycles. The molecule has 0 bridgehead atoms. The lowest BCUT2D eigenvalue weighted by atomic mass is 9.77. The van der Waals surface area contributed by atoms with Crippen molar-refractivity contribution in [1.29, 1.82) is 0 Å². The fourth-order valence-corrected chi connectivity index (χ4v) is 3.43. The minimum Gasteiger partial charge on any atom is -0.394 e. The predicted octanol–water partition coefficient (Wildman–Crippen LogP) is 3.22. The summed E-state index contributed by atoms with van der Waals surface area (Å²) >= 11 is 1.74. The number of hydrogen-bond donors (Lipinski definition) is 2. The minimum absolute atomic E-state index is 0.0238. The number of carbonyl (C=O) groups is 1. The van der Waals surface area contributed by atoms with Gasteiger partial charge in [0, 0.05) is 11.3 Å². The molecular formula is C17H25NO2S. The van der Waals surface area contributed by atoms with Gasteiger partial charge in [0.15, 0.2) is 0 Å². The van der Waals surface area contributed by atoms with Gasteiger partial charge in [0.1, 0.15) is 0 Å². The van der Waals surface area contributed by atoms with E-state index in [1.165, 1.54) is 0 Å². The molecule has 0 unspecified atom stereocenters. The van der Waals surface area contributed by atoms with Crippen molar-refractivity contribution in [3.63, 3.8) is 0 Å². The second kappa shape index (κ2) is 7.32. The molecule has 1 fully saturated rings. The zero-order valence-corrected chi connectivity index (χ0v) is 13.7. The van der Waals surface area contributed by atoms with E-state index in [0.717, 1.165) is 37.0 Å². The Hall–Kier alpha value is -1.00. The lowest BCUT2D eigenvalue weighted by molar-refractivity contribution is 0.0717. The van der Waals surface area contributed by atoms with Gasteiger partial charge in [0.2, 0.25) is 0 Å². The monoisotopic (exact) mass is 307 g/mol. The number of thioether (sulfide) groups is 1. The molecule has 1 aromatic carbocycles. The van der Waals surface area contributed by atoms with Crippen LogP contribution in [-0.4, -0.2) is 29.4 Å². The summed E-state index contributed by atoms with van der Waals surface area (Å²) in [5.74, 6) is 1.53. The summed E-state index contributed by atoms with van der Waals surface area (Å²) in [6, 6.07) is 7.75. The van der Waals surface area contributed by atoms with Crippen LogP contribution in [0.5, 0.6) is 0 Å². The Morgan fingerprint density at radius 2 is 2.14 bits per heavy atom. The second-order valence-corrected chi connectivity index (χ2v) is 7.07. The fraction of sp³-hybridized carbons (Fsp3) is 0.588. The maximum atomic E-state index is 12.5. The summed E-state index contributed by atoms with van der Waals surface area (Å²) in [4.78, 5) is 12.5. The normalized spacial score (nSPS) is 25.6. The van der Waals surface area contributed by atoms with Gasteiger partial charge in [-0.05, 0) is 55.6 Å². The second-order valence-electron chi connectivity index (χ2n) is 6.21. The van der Waals surface area contributed by atoms with E-state index >= 15 is 0 Å². The summed E-state index contributed by atoms with van der Waals surface area (Å²) in [6.07, 6.45) is 5.90. The standard InChI is InChI=1S/C17H25NO2S/c1-13-6-8-17(12-19,9-7-13)18-16(20)15-5-3-4-14(10-15)11-21-2/h3-5,10,13,19H,6-9,11-12H2,1-2H3,(H,18,20). The van der Waals surface area contributed by atoms with Crippen LogP contribution in [0.3, 0.4) is 0 Å². The molecule has 2 rings (SSSR count). The van der Waals surface area contributed by atoms with E-state index in [4.69, 9.17) is 0 Å². The zero-order chi connectivity index (χ0) is 15.3. The quantitative estimate of drug-likeness (QED) is 0.878. The number of aliphatic hydroxyl groups is 1. The molecule has 3 nitrogen and oxygen atoms in total. The van der Waals surface area contributed by atoms with E-state index in [-0.39, 0.29) is 12.5 Å². The topological polar surface area (TPSA) is 49.3 Å². The molecule has 1 aliphatic rings. The summed E-state index contributed by atoms with van der Waals surface area (Å²) < 4.78 is 0. The van der Waals surface area contributed by atoms with E-state index in [9.17, 15) is 9.90 Å². The van der Waals surface area contributed by atoms with Gasteiger partial charge in [0.05, 0.1) is 12.1 Å². The maximum absolute atomic E-state index is 12.5. The first-order chi connectivity index (χ1) is 10.1. The Morgan fingerprint density at radius 3 is 2.76 bits per heavy atom. The number of carbonyl (C=O) groups excluding carboxylic acids is 1. The smallest absolute Gasteiger partial charge is 0.251 e. The molecule has 0 spiro atoms. The van der Waals surface area contributed by atoms with Crippen LogP contribution in [0.15, 0.2) is 24.3 Å². The molecule has 4 heteroatoms. The number of amides is 1. The first-order valence-electron chi connectivity index (χ1n) is 7.60. The highest BCUT2D eigenvalue weighted by Crippen LogP contribution is 2.31. The van der Waals surface area contributed by atoms with Crippen LogP contribution in [0.25, 0.3) is 0 Å². The molecule has 0 heterocycles. The average Bonchev–Trinajstić information content (AvgIpc) is 2.50. The highest BCUT2D eigenvalue weighted by atomic mass is 32.2. The summed E-state index contributed by atoms with van der Waals surface area (Å²) in [5, 5.41) is 12.8. The molecule has 0 aliphatic heterocycles. The van der Waals surface area contributed by atoms with Gasteiger partial charge < -0.3 is 10.4 Å². The third kappa shape index (κ3) is 4.24. The van der Waals surface area contributed by atoms with Crippen LogP contribution < -0.4 is 5.32 Å². The summed E-state index contributed by atoms with van der Waals surface area (Å²) in [5.41, 5.74) is 1.41. The molecule has 116 valence electrons. The van der Waals surface area contributed by atoms with Gasteiger partial charge in [-0.2, -0.15) is 11.8 Å². The zero-order valence-electron chi connectivity index (χ0n) is 12.9. The Bertz CT molecular complexity index is 481. The van der Waals surface area contributed by atoms with Crippen molar-refractivity contribution in [2.75, 3.05) is 12.9 Å². The Balaban J connectivity index is 2.07. The maximum Gasteiger partial charge on any atom is 0.251 e.